The molecular formula is C11H8F6O3. The van der Waals surface area contributed by atoms with E-state index in [-0.39, 0.29) is 7.11 Å². The van der Waals surface area contributed by atoms with Gasteiger partial charge in [0.1, 0.15) is 0 Å². The minimum atomic E-state index is -5.76. The Hall–Kier alpha value is -1.77. The van der Waals surface area contributed by atoms with Gasteiger partial charge in [0, 0.05) is 12.7 Å². The van der Waals surface area contributed by atoms with E-state index in [9.17, 15) is 31.1 Å². The molecule has 0 atom stereocenters. The van der Waals surface area contributed by atoms with E-state index in [0.29, 0.717) is 24.3 Å². The summed E-state index contributed by atoms with van der Waals surface area (Å²) < 4.78 is 80.9. The van der Waals surface area contributed by atoms with Gasteiger partial charge in [0.2, 0.25) is 0 Å². The van der Waals surface area contributed by atoms with Crippen LogP contribution in [0.2, 0.25) is 0 Å². The van der Waals surface area contributed by atoms with Crippen LogP contribution in [0.5, 0.6) is 0 Å². The molecule has 0 fully saturated rings. The van der Waals surface area contributed by atoms with Crippen molar-refractivity contribution in [2.75, 3.05) is 7.11 Å². The van der Waals surface area contributed by atoms with Crippen LogP contribution in [0, 0.1) is 0 Å². The SMILES string of the molecule is COC(c1ccc(C(=O)O)cc1)(C(F)(F)F)C(F)(F)F. The highest BCUT2D eigenvalue weighted by atomic mass is 19.4. The molecule has 9 heteroatoms. The first kappa shape index (κ1) is 16.3. The van der Waals surface area contributed by atoms with E-state index >= 15 is 0 Å². The fraction of sp³-hybridized carbons (Fsp3) is 0.364. The van der Waals surface area contributed by atoms with Crippen LogP contribution in [-0.4, -0.2) is 30.5 Å². The lowest BCUT2D eigenvalue weighted by Gasteiger charge is -2.36. The Labute approximate surface area is 108 Å². The lowest BCUT2D eigenvalue weighted by Crippen LogP contribution is -2.55. The molecule has 20 heavy (non-hydrogen) atoms. The summed E-state index contributed by atoms with van der Waals surface area (Å²) in [5, 5.41) is 8.58. The molecule has 0 heterocycles. The van der Waals surface area contributed by atoms with Crippen LogP contribution in [-0.2, 0) is 10.3 Å². The summed E-state index contributed by atoms with van der Waals surface area (Å²) in [4.78, 5) is 10.5. The van der Waals surface area contributed by atoms with E-state index in [0.717, 1.165) is 0 Å². The van der Waals surface area contributed by atoms with E-state index in [4.69, 9.17) is 5.11 Å². The predicted molar refractivity (Wildman–Crippen MR) is 54.2 cm³/mol. The molecular weight excluding hydrogens is 294 g/mol. The highest BCUT2D eigenvalue weighted by Gasteiger charge is 2.72. The number of aromatic carboxylic acids is 1. The predicted octanol–water partition coefficient (Wildman–Crippen LogP) is 3.35. The molecule has 0 bridgehead atoms. The van der Waals surface area contributed by atoms with Crippen molar-refractivity contribution in [1.29, 1.82) is 0 Å². The largest absolute Gasteiger partial charge is 0.478 e. The second-order valence-electron chi connectivity index (χ2n) is 3.76. The standard InChI is InChI=1S/C11H8F6O3/c1-20-9(10(12,13)14,11(15,16)17)7-4-2-6(3-5-7)8(18)19/h2-5H,1H3,(H,18,19). The molecule has 1 N–H and O–H groups in total. The summed E-state index contributed by atoms with van der Waals surface area (Å²) in [6, 6.07) is 2.13. The molecule has 0 aliphatic rings. The normalized spacial score (nSPS) is 13.3. The Morgan fingerprint density at radius 1 is 1.00 bits per heavy atom. The lowest BCUT2D eigenvalue weighted by atomic mass is 9.91. The van der Waals surface area contributed by atoms with Gasteiger partial charge in [0.15, 0.2) is 0 Å². The van der Waals surface area contributed by atoms with Crippen LogP contribution >= 0.6 is 0 Å². The molecule has 1 aromatic carbocycles. The van der Waals surface area contributed by atoms with Crippen molar-refractivity contribution in [3.63, 3.8) is 0 Å². The maximum Gasteiger partial charge on any atom is 0.430 e. The number of hydrogen-bond donors (Lipinski definition) is 1. The quantitative estimate of drug-likeness (QED) is 0.871. The molecule has 112 valence electrons. The summed E-state index contributed by atoms with van der Waals surface area (Å²) in [7, 11) is 0.284. The highest BCUT2D eigenvalue weighted by molar-refractivity contribution is 5.87. The number of halogens is 6. The van der Waals surface area contributed by atoms with Gasteiger partial charge in [-0.25, -0.2) is 4.79 Å². The van der Waals surface area contributed by atoms with E-state index < -0.39 is 35.0 Å². The fourth-order valence-electron chi connectivity index (χ4n) is 1.68. The number of hydrogen-bond acceptors (Lipinski definition) is 2. The molecule has 0 aliphatic carbocycles. The smallest absolute Gasteiger partial charge is 0.430 e. The molecule has 0 aromatic heterocycles. The van der Waals surface area contributed by atoms with E-state index in [1.165, 1.54) is 0 Å². The van der Waals surface area contributed by atoms with Gasteiger partial charge in [-0.2, -0.15) is 26.3 Å². The van der Waals surface area contributed by atoms with Gasteiger partial charge in [-0.1, -0.05) is 12.1 Å². The van der Waals surface area contributed by atoms with Gasteiger partial charge in [-0.3, -0.25) is 0 Å². The Kier molecular flexibility index (Phi) is 4.04. The number of rotatable bonds is 3. The van der Waals surface area contributed by atoms with Crippen molar-refractivity contribution >= 4 is 5.97 Å². The minimum absolute atomic E-state index is 0.284. The Morgan fingerprint density at radius 3 is 1.65 bits per heavy atom. The minimum Gasteiger partial charge on any atom is -0.478 e. The summed E-state index contributed by atoms with van der Waals surface area (Å²) in [5.41, 5.74) is -6.19. The van der Waals surface area contributed by atoms with Gasteiger partial charge < -0.3 is 9.84 Å². The van der Waals surface area contributed by atoms with Gasteiger partial charge in [-0.05, 0) is 12.1 Å². The zero-order chi connectivity index (χ0) is 15.8. The molecule has 0 unspecified atom stereocenters. The van der Waals surface area contributed by atoms with Crippen molar-refractivity contribution in [2.24, 2.45) is 0 Å². The first-order valence-electron chi connectivity index (χ1n) is 5.00. The summed E-state index contributed by atoms with van der Waals surface area (Å²) in [6.45, 7) is 0. The summed E-state index contributed by atoms with van der Waals surface area (Å²) in [5.74, 6) is -1.47. The average molecular weight is 302 g/mol. The van der Waals surface area contributed by atoms with E-state index in [2.05, 4.69) is 4.74 Å². The number of ether oxygens (including phenoxy) is 1. The second-order valence-corrected chi connectivity index (χ2v) is 3.76. The maximum absolute atomic E-state index is 12.9. The van der Waals surface area contributed by atoms with Gasteiger partial charge in [0.05, 0.1) is 5.56 Å². The molecule has 0 aliphatic heterocycles. The molecule has 0 radical (unpaired) electrons. The number of carboxylic acids is 1. The van der Waals surface area contributed by atoms with Gasteiger partial charge >= 0.3 is 18.3 Å². The molecule has 0 amide bonds. The zero-order valence-corrected chi connectivity index (χ0v) is 9.84. The van der Waals surface area contributed by atoms with Gasteiger partial charge in [-0.15, -0.1) is 0 Å². The van der Waals surface area contributed by atoms with Crippen molar-refractivity contribution in [3.05, 3.63) is 35.4 Å². The molecule has 0 saturated carbocycles. The highest BCUT2D eigenvalue weighted by Crippen LogP contribution is 2.52. The summed E-state index contributed by atoms with van der Waals surface area (Å²) >= 11 is 0. The second kappa shape index (κ2) is 4.97. The third kappa shape index (κ3) is 2.45. The van der Waals surface area contributed by atoms with Crippen LogP contribution in [0.3, 0.4) is 0 Å². The molecule has 1 rings (SSSR count). The number of methoxy groups -OCH3 is 1. The maximum atomic E-state index is 12.9. The van der Waals surface area contributed by atoms with Crippen LogP contribution < -0.4 is 0 Å². The first-order chi connectivity index (χ1) is 8.97. The van der Waals surface area contributed by atoms with Crippen LogP contribution in [0.1, 0.15) is 15.9 Å². The third-order valence-electron chi connectivity index (χ3n) is 2.64. The van der Waals surface area contributed by atoms with Crippen molar-refractivity contribution in [1.82, 2.24) is 0 Å². The molecule has 0 spiro atoms. The van der Waals surface area contributed by atoms with Gasteiger partial charge in [0.25, 0.3) is 5.60 Å². The van der Waals surface area contributed by atoms with Crippen LogP contribution in [0.25, 0.3) is 0 Å². The monoisotopic (exact) mass is 302 g/mol. The Bertz CT molecular complexity index is 474. The van der Waals surface area contributed by atoms with E-state index in [1.807, 2.05) is 0 Å². The van der Waals surface area contributed by atoms with E-state index in [1.54, 1.807) is 0 Å². The third-order valence-corrected chi connectivity index (χ3v) is 2.64. The van der Waals surface area contributed by atoms with Crippen LogP contribution in [0.4, 0.5) is 26.3 Å². The number of carboxylic acid groups (broad SMARTS) is 1. The molecule has 3 nitrogen and oxygen atoms in total. The summed E-state index contributed by atoms with van der Waals surface area (Å²) in [6.07, 6.45) is -11.5. The number of alkyl halides is 6. The molecule has 1 aromatic rings. The Morgan fingerprint density at radius 2 is 1.40 bits per heavy atom. The van der Waals surface area contributed by atoms with Crippen molar-refractivity contribution < 1.29 is 41.0 Å². The van der Waals surface area contributed by atoms with Crippen molar-refractivity contribution in [2.45, 2.75) is 18.0 Å². The van der Waals surface area contributed by atoms with Crippen LogP contribution in [0.15, 0.2) is 24.3 Å². The number of benzene rings is 1. The first-order valence-corrected chi connectivity index (χ1v) is 5.00. The lowest BCUT2D eigenvalue weighted by molar-refractivity contribution is -0.383. The van der Waals surface area contributed by atoms with Crippen molar-refractivity contribution in [3.8, 4) is 0 Å². The Balaban J connectivity index is 3.50. The number of carbonyl (C=O) groups is 1. The zero-order valence-electron chi connectivity index (χ0n) is 9.84. The average Bonchev–Trinajstić information content (AvgIpc) is 2.27. The molecule has 0 saturated heterocycles. The topological polar surface area (TPSA) is 46.5 Å². The fourth-order valence-corrected chi connectivity index (χ4v) is 1.68.